The minimum absolute atomic E-state index is 0.00741. The summed E-state index contributed by atoms with van der Waals surface area (Å²) in [6.45, 7) is 3.84. The van der Waals surface area contributed by atoms with Crippen LogP contribution in [0, 0.1) is 13.8 Å². The molecule has 0 unspecified atom stereocenters. The van der Waals surface area contributed by atoms with Gasteiger partial charge in [0.15, 0.2) is 34.0 Å². The van der Waals surface area contributed by atoms with E-state index in [9.17, 15) is 32.2 Å². The first-order chi connectivity index (χ1) is 28.0. The lowest BCUT2D eigenvalue weighted by atomic mass is 10.1. The average molecular weight is 875 g/mol. The van der Waals surface area contributed by atoms with Crippen LogP contribution in [0.2, 0.25) is 0 Å². The molecule has 5 N–H and O–H groups in total. The van der Waals surface area contributed by atoms with Crippen molar-refractivity contribution in [2.75, 3.05) is 54.7 Å². The van der Waals surface area contributed by atoms with Crippen LogP contribution < -0.4 is 24.4 Å². The Morgan fingerprint density at radius 1 is 0.695 bits per heavy atom. The van der Waals surface area contributed by atoms with Crippen molar-refractivity contribution in [2.45, 2.75) is 23.6 Å². The van der Waals surface area contributed by atoms with Gasteiger partial charge in [0.2, 0.25) is 0 Å². The fourth-order valence-electron chi connectivity index (χ4n) is 5.46. The molecule has 0 atom stereocenters. The summed E-state index contributed by atoms with van der Waals surface area (Å²) in [6.07, 6.45) is 3.04. The Morgan fingerprint density at radius 2 is 1.19 bits per heavy atom. The lowest BCUT2D eigenvalue weighted by Gasteiger charge is -2.18. The van der Waals surface area contributed by atoms with E-state index in [1.54, 1.807) is 54.7 Å². The zero-order valence-electron chi connectivity index (χ0n) is 32.7. The Hall–Kier alpha value is -5.93. The van der Waals surface area contributed by atoms with Gasteiger partial charge < -0.3 is 44.8 Å². The minimum Gasteiger partial charge on any atom is -0.504 e. The molecule has 59 heavy (non-hydrogen) atoms. The smallest absolute Gasteiger partial charge is 0.288 e. The van der Waals surface area contributed by atoms with Gasteiger partial charge in [-0.25, -0.2) is 5.01 Å². The van der Waals surface area contributed by atoms with Crippen LogP contribution in [0.3, 0.4) is 0 Å². The molecule has 0 saturated heterocycles. The number of fused-ring (bicyclic) bond motifs is 2. The Labute approximate surface area is 346 Å². The quantitative estimate of drug-likeness (QED) is 0.0777. The van der Waals surface area contributed by atoms with Crippen molar-refractivity contribution in [2.24, 2.45) is 19.0 Å². The maximum Gasteiger partial charge on any atom is 0.288 e. The average Bonchev–Trinajstić information content (AvgIpc) is 3.61. The number of hydrogen-bond donors (Lipinski definition) is 5. The number of ether oxygens (including phenoxy) is 4. The fraction of sp³-hybridized carbons (Fsp3) is 0.263. The molecule has 0 fully saturated rings. The van der Waals surface area contributed by atoms with E-state index >= 15 is 0 Å². The third-order valence-electron chi connectivity index (χ3n) is 8.06. The van der Waals surface area contributed by atoms with Crippen LogP contribution in [0.4, 0.5) is 0 Å². The first-order valence-electron chi connectivity index (χ1n) is 17.3. The Morgan fingerprint density at radius 3 is 1.69 bits per heavy atom. The van der Waals surface area contributed by atoms with E-state index in [-0.39, 0.29) is 69.3 Å². The fourth-order valence-corrected chi connectivity index (χ4v) is 8.51. The van der Waals surface area contributed by atoms with Crippen molar-refractivity contribution in [1.82, 2.24) is 10.4 Å². The normalized spacial score (nSPS) is 14.2. The first kappa shape index (κ1) is 45.8. The Bertz CT molecular complexity index is 2510. The zero-order chi connectivity index (χ0) is 43.5. The maximum absolute atomic E-state index is 12.6. The van der Waals surface area contributed by atoms with Crippen molar-refractivity contribution in [3.05, 3.63) is 94.0 Å². The molecule has 2 aliphatic rings. The van der Waals surface area contributed by atoms with E-state index < -0.39 is 20.0 Å². The van der Waals surface area contributed by atoms with Gasteiger partial charge in [-0.2, -0.15) is 27.0 Å². The van der Waals surface area contributed by atoms with E-state index in [2.05, 4.69) is 24.4 Å². The van der Waals surface area contributed by atoms with Gasteiger partial charge in [-0.1, -0.05) is 11.6 Å². The number of aromatic hydroxyl groups is 2. The Balaban J connectivity index is 0.000000215. The SMILES string of the molecule is COc1cc(/C=N/N(CCO)C2=NS(=O)(=O)c3c(OC)cc(C)cc32)ccc1O.COc1cc(/C=N/NCCO)ccc1O.COc1cc(C)cc2c1S(=O)(=O)N=C2Cl. The van der Waals surface area contributed by atoms with Crippen molar-refractivity contribution in [3.8, 4) is 34.5 Å². The topological polar surface area (TPSA) is 251 Å². The van der Waals surface area contributed by atoms with Crippen molar-refractivity contribution in [1.29, 1.82) is 0 Å². The lowest BCUT2D eigenvalue weighted by molar-refractivity contribution is 0.254. The second-order valence-corrected chi connectivity index (χ2v) is 15.7. The number of methoxy groups -OCH3 is 4. The summed E-state index contributed by atoms with van der Waals surface area (Å²) in [6, 6.07) is 16.2. The summed E-state index contributed by atoms with van der Waals surface area (Å²) in [7, 11) is -1.93. The molecule has 0 amide bonds. The van der Waals surface area contributed by atoms with Crippen LogP contribution >= 0.6 is 11.6 Å². The highest BCUT2D eigenvalue weighted by molar-refractivity contribution is 7.91. The molecular weight excluding hydrogens is 832 g/mol. The van der Waals surface area contributed by atoms with Crippen molar-refractivity contribution < 1.29 is 56.2 Å². The van der Waals surface area contributed by atoms with Crippen molar-refractivity contribution in [3.63, 3.8) is 0 Å². The number of halogens is 1. The second kappa shape index (κ2) is 20.2. The summed E-state index contributed by atoms with van der Waals surface area (Å²) in [5, 5.41) is 46.4. The Kier molecular flexibility index (Phi) is 15.6. The third-order valence-corrected chi connectivity index (χ3v) is 11.2. The number of aliphatic hydroxyl groups is 2. The molecule has 2 aliphatic heterocycles. The summed E-state index contributed by atoms with van der Waals surface area (Å²) < 4.78 is 75.9. The van der Waals surface area contributed by atoms with Crippen molar-refractivity contribution >= 4 is 55.1 Å². The molecule has 4 aromatic carbocycles. The minimum atomic E-state index is -3.96. The molecule has 4 aromatic rings. The number of aliphatic hydroxyl groups excluding tert-OH is 2. The molecule has 0 aliphatic carbocycles. The number of hydrazone groups is 2. The molecule has 21 heteroatoms. The van der Waals surface area contributed by atoms with Gasteiger partial charge in [-0.15, -0.1) is 8.80 Å². The molecule has 2 heterocycles. The number of hydrogen-bond acceptors (Lipinski definition) is 16. The molecule has 0 aromatic heterocycles. The number of amidine groups is 1. The lowest BCUT2D eigenvalue weighted by Crippen LogP contribution is -2.29. The number of sulfonamides is 2. The van der Waals surface area contributed by atoms with E-state index in [1.165, 1.54) is 51.8 Å². The molecule has 0 saturated carbocycles. The third kappa shape index (κ3) is 11.2. The molecule has 0 spiro atoms. The summed E-state index contributed by atoms with van der Waals surface area (Å²) in [5.74, 6) is 1.34. The highest BCUT2D eigenvalue weighted by Gasteiger charge is 2.36. The van der Waals surface area contributed by atoms with E-state index in [0.717, 1.165) is 16.7 Å². The molecule has 316 valence electrons. The number of aryl methyl sites for hydroxylation is 2. The number of benzene rings is 4. The number of phenols is 2. The van der Waals surface area contributed by atoms with Gasteiger partial charge in [0.25, 0.3) is 20.0 Å². The number of nitrogens with one attached hydrogen (secondary N) is 1. The van der Waals surface area contributed by atoms with Gasteiger partial charge in [-0.05, 0) is 96.8 Å². The largest absolute Gasteiger partial charge is 0.504 e. The van der Waals surface area contributed by atoms with Gasteiger partial charge in [0.05, 0.1) is 67.2 Å². The second-order valence-electron chi connectivity index (χ2n) is 12.3. The van der Waals surface area contributed by atoms with Gasteiger partial charge in [-0.3, -0.25) is 0 Å². The molecule has 0 bridgehead atoms. The van der Waals surface area contributed by atoms with E-state index in [1.807, 2.05) is 13.8 Å². The number of phenolic OH excluding ortho intramolecular Hbond substituents is 2. The number of rotatable bonds is 12. The number of nitrogens with zero attached hydrogens (tertiary/aromatic N) is 5. The molecule has 18 nitrogen and oxygen atoms in total. The van der Waals surface area contributed by atoms with Crippen LogP contribution in [-0.2, 0) is 20.0 Å². The predicted molar refractivity (Wildman–Crippen MR) is 222 cm³/mol. The van der Waals surface area contributed by atoms with Crippen LogP contribution in [0.5, 0.6) is 34.5 Å². The molecule has 6 rings (SSSR count). The first-order valence-corrected chi connectivity index (χ1v) is 20.6. The van der Waals surface area contributed by atoms with Gasteiger partial charge >= 0.3 is 0 Å². The van der Waals surface area contributed by atoms with Gasteiger partial charge in [0.1, 0.15) is 21.3 Å². The van der Waals surface area contributed by atoms with Crippen LogP contribution in [0.15, 0.2) is 89.5 Å². The molecule has 0 radical (unpaired) electrons. The molecular formula is C38H43ClN6O12S2. The maximum atomic E-state index is 12.6. The van der Waals surface area contributed by atoms with Crippen LogP contribution in [0.1, 0.15) is 33.4 Å². The van der Waals surface area contributed by atoms with Gasteiger partial charge in [0, 0.05) is 11.1 Å². The van der Waals surface area contributed by atoms with Crippen LogP contribution in [-0.4, -0.2) is 120 Å². The van der Waals surface area contributed by atoms with E-state index in [4.69, 9.17) is 35.7 Å². The van der Waals surface area contributed by atoms with Crippen LogP contribution in [0.25, 0.3) is 0 Å². The summed E-state index contributed by atoms with van der Waals surface area (Å²) >= 11 is 5.74. The summed E-state index contributed by atoms with van der Waals surface area (Å²) in [5.41, 5.74) is 6.49. The zero-order valence-corrected chi connectivity index (χ0v) is 35.1. The highest BCUT2D eigenvalue weighted by atomic mass is 35.5. The highest BCUT2D eigenvalue weighted by Crippen LogP contribution is 2.38. The summed E-state index contributed by atoms with van der Waals surface area (Å²) in [4.78, 5) is 0.0330. The van der Waals surface area contributed by atoms with E-state index in [0.29, 0.717) is 29.0 Å². The monoisotopic (exact) mass is 874 g/mol. The predicted octanol–water partition coefficient (Wildman–Crippen LogP) is 3.50. The standard InChI is InChI=1S/C19H21N3O6S.C10H14N2O3.C9H8ClNO3S/c1-12-8-14-18(17(9-12)28-3)29(25,26)21-19(14)22(6-7-23)20-11-13-4-5-15(24)16(10-13)27-2;1-15-10-6-8(2-3-9(10)14)7-12-11-4-5-13;1-5-3-6-8(7(4-5)14-2)15(12,13)11-9(6)10/h4-5,8-11,23-24H,6-7H2,1-3H3;2-3,6-7,11,13-14H,4-5H2,1H3;3-4H,1-2H3/b20-11+;12-7+;.